The maximum atomic E-state index is 13.4. The standard InChI is InChI=1S/C22H26BrCl2N3O4S/c1-14(2)26-22(30)15(3)27(12-16-5-10-19(24)20(25)11-16)21(29)13-28(33(4,31)32)18-8-6-17(23)7-9-18/h5-11,14-15H,12-13H2,1-4H3,(H,26,30). The average molecular weight is 579 g/mol. The molecule has 0 aliphatic carbocycles. The van der Waals surface area contributed by atoms with Crippen molar-refractivity contribution in [1.29, 1.82) is 0 Å². The van der Waals surface area contributed by atoms with Crippen LogP contribution >= 0.6 is 39.1 Å². The van der Waals surface area contributed by atoms with Gasteiger partial charge in [0.25, 0.3) is 0 Å². The molecule has 7 nitrogen and oxygen atoms in total. The van der Waals surface area contributed by atoms with Crippen LogP contribution in [-0.2, 0) is 26.2 Å². The molecule has 11 heteroatoms. The molecule has 180 valence electrons. The van der Waals surface area contributed by atoms with Gasteiger partial charge in [-0.1, -0.05) is 45.2 Å². The van der Waals surface area contributed by atoms with Crippen LogP contribution in [0.4, 0.5) is 5.69 Å². The summed E-state index contributed by atoms with van der Waals surface area (Å²) in [6.45, 7) is 4.79. The quantitative estimate of drug-likeness (QED) is 0.476. The number of nitrogens with zero attached hydrogens (tertiary/aromatic N) is 2. The molecule has 2 aromatic rings. The van der Waals surface area contributed by atoms with E-state index in [1.165, 1.54) is 4.90 Å². The van der Waals surface area contributed by atoms with Crippen molar-refractivity contribution in [3.05, 3.63) is 62.5 Å². The van der Waals surface area contributed by atoms with E-state index in [1.54, 1.807) is 49.4 Å². The lowest BCUT2D eigenvalue weighted by atomic mass is 10.1. The number of rotatable bonds is 9. The number of sulfonamides is 1. The highest BCUT2D eigenvalue weighted by Crippen LogP contribution is 2.25. The Hall–Kier alpha value is -1.81. The summed E-state index contributed by atoms with van der Waals surface area (Å²) in [4.78, 5) is 27.4. The zero-order valence-corrected chi connectivity index (χ0v) is 22.6. The average Bonchev–Trinajstić information content (AvgIpc) is 2.71. The second kappa shape index (κ2) is 11.6. The Morgan fingerprint density at radius 2 is 1.64 bits per heavy atom. The van der Waals surface area contributed by atoms with E-state index in [0.29, 0.717) is 21.3 Å². The molecule has 0 bridgehead atoms. The van der Waals surface area contributed by atoms with Gasteiger partial charge in [0.2, 0.25) is 21.8 Å². The third-order valence-corrected chi connectivity index (χ3v) is 7.14. The van der Waals surface area contributed by atoms with Gasteiger partial charge in [-0.25, -0.2) is 8.42 Å². The first-order chi connectivity index (χ1) is 15.3. The van der Waals surface area contributed by atoms with Gasteiger partial charge in [0.15, 0.2) is 0 Å². The zero-order valence-electron chi connectivity index (χ0n) is 18.7. The highest BCUT2D eigenvalue weighted by molar-refractivity contribution is 9.10. The Morgan fingerprint density at radius 3 is 2.15 bits per heavy atom. The minimum Gasteiger partial charge on any atom is -0.352 e. The van der Waals surface area contributed by atoms with Crippen molar-refractivity contribution in [2.45, 2.75) is 39.4 Å². The summed E-state index contributed by atoms with van der Waals surface area (Å²) in [5.41, 5.74) is 0.985. The van der Waals surface area contributed by atoms with Crippen molar-refractivity contribution < 1.29 is 18.0 Å². The van der Waals surface area contributed by atoms with E-state index in [0.717, 1.165) is 15.0 Å². The number of carbonyl (C=O) groups is 2. The summed E-state index contributed by atoms with van der Waals surface area (Å²) in [5, 5.41) is 3.47. The second-order valence-corrected chi connectivity index (χ2v) is 11.5. The fraction of sp³-hybridized carbons (Fsp3) is 0.364. The summed E-state index contributed by atoms with van der Waals surface area (Å²) >= 11 is 15.4. The minimum absolute atomic E-state index is 0.0420. The van der Waals surface area contributed by atoms with Crippen LogP contribution in [0.2, 0.25) is 10.0 Å². The zero-order chi connectivity index (χ0) is 24.9. The summed E-state index contributed by atoms with van der Waals surface area (Å²) in [5.74, 6) is -0.895. The van der Waals surface area contributed by atoms with Crippen molar-refractivity contribution in [2.24, 2.45) is 0 Å². The Kier molecular flexibility index (Phi) is 9.60. The van der Waals surface area contributed by atoms with Gasteiger partial charge in [-0.2, -0.15) is 0 Å². The second-order valence-electron chi connectivity index (χ2n) is 7.86. The van der Waals surface area contributed by atoms with E-state index in [1.807, 2.05) is 13.8 Å². The molecule has 2 aromatic carbocycles. The molecule has 0 aliphatic rings. The Labute approximate surface area is 213 Å². The lowest BCUT2D eigenvalue weighted by molar-refractivity contribution is -0.139. The van der Waals surface area contributed by atoms with E-state index in [-0.39, 0.29) is 18.5 Å². The van der Waals surface area contributed by atoms with Crippen LogP contribution in [0, 0.1) is 0 Å². The molecule has 0 aliphatic heterocycles. The van der Waals surface area contributed by atoms with Crippen molar-refractivity contribution in [1.82, 2.24) is 10.2 Å². The highest BCUT2D eigenvalue weighted by atomic mass is 79.9. The predicted molar refractivity (Wildman–Crippen MR) is 136 cm³/mol. The van der Waals surface area contributed by atoms with Gasteiger partial charge in [-0.3, -0.25) is 13.9 Å². The predicted octanol–water partition coefficient (Wildman–Crippen LogP) is 4.46. The monoisotopic (exact) mass is 577 g/mol. The third-order valence-electron chi connectivity index (χ3n) is 4.73. The molecular weight excluding hydrogens is 553 g/mol. The molecule has 1 N–H and O–H groups in total. The number of benzene rings is 2. The number of hydrogen-bond donors (Lipinski definition) is 1. The van der Waals surface area contributed by atoms with Crippen LogP contribution in [0.15, 0.2) is 46.9 Å². The molecule has 2 amide bonds. The molecule has 0 radical (unpaired) electrons. The van der Waals surface area contributed by atoms with E-state index in [9.17, 15) is 18.0 Å². The molecule has 1 unspecified atom stereocenters. The maximum absolute atomic E-state index is 13.4. The Balaban J connectivity index is 2.40. The fourth-order valence-electron chi connectivity index (χ4n) is 3.04. The summed E-state index contributed by atoms with van der Waals surface area (Å²) in [7, 11) is -3.78. The Bertz CT molecular complexity index is 1110. The van der Waals surface area contributed by atoms with E-state index in [2.05, 4.69) is 21.2 Å². The first-order valence-corrected chi connectivity index (χ1v) is 13.5. The third kappa shape index (κ3) is 7.88. The molecule has 0 saturated carbocycles. The molecular formula is C22H26BrCl2N3O4S. The smallest absolute Gasteiger partial charge is 0.244 e. The van der Waals surface area contributed by atoms with Crippen molar-refractivity contribution in [3.63, 3.8) is 0 Å². The van der Waals surface area contributed by atoms with Crippen molar-refractivity contribution in [2.75, 3.05) is 17.1 Å². The number of carbonyl (C=O) groups excluding carboxylic acids is 2. The van der Waals surface area contributed by atoms with Gasteiger partial charge in [-0.05, 0) is 62.7 Å². The van der Waals surface area contributed by atoms with E-state index < -0.39 is 28.5 Å². The molecule has 0 fully saturated rings. The van der Waals surface area contributed by atoms with Crippen LogP contribution in [-0.4, -0.2) is 50.0 Å². The first-order valence-electron chi connectivity index (χ1n) is 10.1. The van der Waals surface area contributed by atoms with Gasteiger partial charge in [0.1, 0.15) is 12.6 Å². The number of amides is 2. The Morgan fingerprint density at radius 1 is 1.03 bits per heavy atom. The fourth-order valence-corrected chi connectivity index (χ4v) is 4.48. The number of anilines is 1. The first kappa shape index (κ1) is 27.4. The lowest BCUT2D eigenvalue weighted by Crippen LogP contribution is -2.52. The molecule has 0 saturated heterocycles. The van der Waals surface area contributed by atoms with Crippen LogP contribution in [0.3, 0.4) is 0 Å². The highest BCUT2D eigenvalue weighted by Gasteiger charge is 2.30. The summed E-state index contributed by atoms with van der Waals surface area (Å²) < 4.78 is 26.8. The molecule has 33 heavy (non-hydrogen) atoms. The van der Waals surface area contributed by atoms with Gasteiger partial charge < -0.3 is 10.2 Å². The largest absolute Gasteiger partial charge is 0.352 e. The minimum atomic E-state index is -3.78. The molecule has 2 rings (SSSR count). The molecule has 0 spiro atoms. The van der Waals surface area contributed by atoms with Crippen molar-refractivity contribution >= 4 is 66.7 Å². The normalized spacial score (nSPS) is 12.4. The van der Waals surface area contributed by atoms with Crippen LogP contribution < -0.4 is 9.62 Å². The van der Waals surface area contributed by atoms with Crippen molar-refractivity contribution in [3.8, 4) is 0 Å². The topological polar surface area (TPSA) is 86.8 Å². The van der Waals surface area contributed by atoms with Gasteiger partial charge in [0, 0.05) is 17.1 Å². The number of halogens is 3. The SMILES string of the molecule is CC(C)NC(=O)C(C)N(Cc1ccc(Cl)c(Cl)c1)C(=O)CN(c1ccc(Br)cc1)S(C)(=O)=O. The number of nitrogens with one attached hydrogen (secondary N) is 1. The molecule has 0 aromatic heterocycles. The van der Waals surface area contributed by atoms with Gasteiger partial charge in [-0.15, -0.1) is 0 Å². The maximum Gasteiger partial charge on any atom is 0.244 e. The summed E-state index contributed by atoms with van der Waals surface area (Å²) in [6.07, 6.45) is 1.03. The van der Waals surface area contributed by atoms with Crippen LogP contribution in [0.25, 0.3) is 0 Å². The van der Waals surface area contributed by atoms with Crippen LogP contribution in [0.1, 0.15) is 26.3 Å². The molecule has 0 heterocycles. The van der Waals surface area contributed by atoms with Crippen LogP contribution in [0.5, 0.6) is 0 Å². The van der Waals surface area contributed by atoms with E-state index in [4.69, 9.17) is 23.2 Å². The van der Waals surface area contributed by atoms with Gasteiger partial charge in [0.05, 0.1) is 22.0 Å². The molecule has 1 atom stereocenters. The van der Waals surface area contributed by atoms with E-state index >= 15 is 0 Å². The summed E-state index contributed by atoms with van der Waals surface area (Å²) in [6, 6.07) is 10.5. The van der Waals surface area contributed by atoms with Gasteiger partial charge >= 0.3 is 0 Å². The number of hydrogen-bond acceptors (Lipinski definition) is 4. The lowest BCUT2D eigenvalue weighted by Gasteiger charge is -2.32.